The van der Waals surface area contributed by atoms with Crippen molar-refractivity contribution < 1.29 is 23.8 Å². The van der Waals surface area contributed by atoms with Crippen LogP contribution in [-0.2, 0) is 10.2 Å². The number of aromatic nitrogens is 2. The van der Waals surface area contributed by atoms with Crippen molar-refractivity contribution in [2.45, 2.75) is 77.5 Å². The summed E-state index contributed by atoms with van der Waals surface area (Å²) < 4.78 is 17.2. The van der Waals surface area contributed by atoms with Gasteiger partial charge < -0.3 is 19.5 Å². The molecular weight excluding hydrogens is 482 g/mol. The Morgan fingerprint density at radius 1 is 0.816 bits per heavy atom. The van der Waals surface area contributed by atoms with E-state index in [0.29, 0.717) is 11.5 Å². The summed E-state index contributed by atoms with van der Waals surface area (Å²) >= 11 is 0. The lowest BCUT2D eigenvalue weighted by Crippen LogP contribution is -2.50. The number of carbonyl (C=O) groups excluding carboxylic acids is 2. The van der Waals surface area contributed by atoms with Crippen LogP contribution in [-0.4, -0.2) is 39.6 Å². The van der Waals surface area contributed by atoms with Crippen molar-refractivity contribution in [3.8, 4) is 17.2 Å². The van der Waals surface area contributed by atoms with Crippen molar-refractivity contribution in [2.24, 2.45) is 0 Å². The van der Waals surface area contributed by atoms with Crippen molar-refractivity contribution in [3.63, 3.8) is 0 Å². The molecule has 0 saturated heterocycles. The molecular formula is C30H35N3O5. The Balaban J connectivity index is 1.30. The van der Waals surface area contributed by atoms with Crippen LogP contribution in [0.5, 0.6) is 17.2 Å². The summed E-state index contributed by atoms with van der Waals surface area (Å²) in [4.78, 5) is 31.3. The summed E-state index contributed by atoms with van der Waals surface area (Å²) in [5, 5.41) is 2.89. The molecule has 1 heterocycles. The molecule has 1 aliphatic rings. The van der Waals surface area contributed by atoms with Crippen LogP contribution < -0.4 is 14.8 Å². The lowest BCUT2D eigenvalue weighted by atomic mass is 9.78. The molecule has 0 atom stereocenters. The van der Waals surface area contributed by atoms with Crippen LogP contribution in [0.15, 0.2) is 60.9 Å². The first kappa shape index (κ1) is 27.1. The van der Waals surface area contributed by atoms with E-state index in [0.717, 1.165) is 29.7 Å². The van der Waals surface area contributed by atoms with Gasteiger partial charge in [-0.3, -0.25) is 4.79 Å². The summed E-state index contributed by atoms with van der Waals surface area (Å²) in [7, 11) is 0. The van der Waals surface area contributed by atoms with Gasteiger partial charge in [0.1, 0.15) is 23.2 Å². The molecule has 1 aliphatic carbocycles. The maximum atomic E-state index is 11.9. The van der Waals surface area contributed by atoms with E-state index < -0.39 is 5.60 Å². The van der Waals surface area contributed by atoms with E-state index in [1.54, 1.807) is 0 Å². The fourth-order valence-corrected chi connectivity index (χ4v) is 4.19. The SMILES string of the molecule is CC(=O)c1ncc(Oc2ccc(C(C)(C)c3ccc(OC4CC(NC(=O)OC(C)(C)C)C4)cc3)cc2)cn1. The monoisotopic (exact) mass is 517 g/mol. The van der Waals surface area contributed by atoms with Gasteiger partial charge in [0.25, 0.3) is 0 Å². The Hall–Kier alpha value is -3.94. The summed E-state index contributed by atoms with van der Waals surface area (Å²) in [5.41, 5.74) is 1.55. The molecule has 200 valence electrons. The second-order valence-electron chi connectivity index (χ2n) is 11.1. The average molecular weight is 518 g/mol. The number of nitrogens with one attached hydrogen (secondary N) is 1. The summed E-state index contributed by atoms with van der Waals surface area (Å²) in [6, 6.07) is 16.1. The Morgan fingerprint density at radius 3 is 1.84 bits per heavy atom. The highest BCUT2D eigenvalue weighted by Crippen LogP contribution is 2.35. The molecule has 4 rings (SSSR count). The zero-order valence-electron chi connectivity index (χ0n) is 22.8. The van der Waals surface area contributed by atoms with Crippen molar-refractivity contribution in [2.75, 3.05) is 0 Å². The molecule has 2 aromatic carbocycles. The van der Waals surface area contributed by atoms with Crippen molar-refractivity contribution in [1.82, 2.24) is 15.3 Å². The van der Waals surface area contributed by atoms with Gasteiger partial charge in [-0.15, -0.1) is 0 Å². The zero-order valence-corrected chi connectivity index (χ0v) is 22.8. The molecule has 3 aromatic rings. The Labute approximate surface area is 223 Å². The van der Waals surface area contributed by atoms with Gasteiger partial charge >= 0.3 is 6.09 Å². The lowest BCUT2D eigenvalue weighted by molar-refractivity contribution is 0.0362. The second kappa shape index (κ2) is 10.8. The third kappa shape index (κ3) is 6.88. The molecule has 1 saturated carbocycles. The van der Waals surface area contributed by atoms with Crippen LogP contribution in [0.4, 0.5) is 4.79 Å². The molecule has 1 aromatic heterocycles. The number of hydrogen-bond donors (Lipinski definition) is 1. The summed E-state index contributed by atoms with van der Waals surface area (Å²) in [5.74, 6) is 1.92. The number of rotatable bonds is 8. The first-order valence-electron chi connectivity index (χ1n) is 12.8. The minimum absolute atomic E-state index is 0.0744. The average Bonchev–Trinajstić information content (AvgIpc) is 2.82. The van der Waals surface area contributed by atoms with Gasteiger partial charge in [-0.2, -0.15) is 0 Å². The number of carbonyl (C=O) groups is 2. The number of benzene rings is 2. The van der Waals surface area contributed by atoms with Gasteiger partial charge in [-0.25, -0.2) is 14.8 Å². The Bertz CT molecular complexity index is 1260. The van der Waals surface area contributed by atoms with Crippen molar-refractivity contribution >= 4 is 11.9 Å². The molecule has 1 amide bonds. The van der Waals surface area contributed by atoms with E-state index in [1.165, 1.54) is 19.3 Å². The highest BCUT2D eigenvalue weighted by Gasteiger charge is 2.33. The molecule has 0 unspecified atom stereocenters. The molecule has 8 heteroatoms. The van der Waals surface area contributed by atoms with Gasteiger partial charge in [-0.05, 0) is 56.2 Å². The van der Waals surface area contributed by atoms with E-state index in [4.69, 9.17) is 14.2 Å². The lowest BCUT2D eigenvalue weighted by Gasteiger charge is -2.36. The first-order chi connectivity index (χ1) is 17.9. The number of hydrogen-bond acceptors (Lipinski definition) is 7. The van der Waals surface area contributed by atoms with Crippen LogP contribution in [0, 0.1) is 0 Å². The van der Waals surface area contributed by atoms with E-state index in [2.05, 4.69) is 41.3 Å². The number of amides is 1. The smallest absolute Gasteiger partial charge is 0.407 e. The van der Waals surface area contributed by atoms with Gasteiger partial charge in [0, 0.05) is 31.2 Å². The maximum absolute atomic E-state index is 11.9. The third-order valence-corrected chi connectivity index (χ3v) is 6.45. The topological polar surface area (TPSA) is 99.6 Å². The van der Waals surface area contributed by atoms with Crippen molar-refractivity contribution in [1.29, 1.82) is 0 Å². The second-order valence-corrected chi connectivity index (χ2v) is 11.1. The number of ether oxygens (including phenoxy) is 3. The zero-order chi connectivity index (χ0) is 27.5. The van der Waals surface area contributed by atoms with E-state index in [-0.39, 0.29) is 35.3 Å². The standard InChI is InChI=1S/C30H35N3O5/c1-19(34)27-31-17-26(18-32-27)37-24-13-9-21(10-14-24)30(5,6)20-7-11-23(12-8-20)36-25-15-22(16-25)33-28(35)38-29(2,3)4/h7-14,17-18,22,25H,15-16H2,1-6H3,(H,33,35). The predicted octanol–water partition coefficient (Wildman–Crippen LogP) is 6.23. The molecule has 0 aliphatic heterocycles. The third-order valence-electron chi connectivity index (χ3n) is 6.45. The quantitative estimate of drug-likeness (QED) is 0.354. The largest absolute Gasteiger partial charge is 0.490 e. The number of Topliss-reactive ketones (excluding diaryl/α,β-unsaturated/α-hetero) is 1. The Morgan fingerprint density at radius 2 is 1.34 bits per heavy atom. The van der Waals surface area contributed by atoms with E-state index in [9.17, 15) is 9.59 Å². The molecule has 1 N–H and O–H groups in total. The normalized spacial score (nSPS) is 17.2. The summed E-state index contributed by atoms with van der Waals surface area (Å²) in [6.07, 6.45) is 4.19. The highest BCUT2D eigenvalue weighted by atomic mass is 16.6. The summed E-state index contributed by atoms with van der Waals surface area (Å²) in [6.45, 7) is 11.3. The van der Waals surface area contributed by atoms with E-state index in [1.807, 2.05) is 57.2 Å². The minimum atomic E-state index is -0.505. The predicted molar refractivity (Wildman–Crippen MR) is 144 cm³/mol. The van der Waals surface area contributed by atoms with E-state index >= 15 is 0 Å². The van der Waals surface area contributed by atoms with Crippen LogP contribution in [0.1, 0.15) is 76.1 Å². The first-order valence-corrected chi connectivity index (χ1v) is 12.8. The molecule has 38 heavy (non-hydrogen) atoms. The minimum Gasteiger partial charge on any atom is -0.490 e. The molecule has 0 spiro atoms. The van der Waals surface area contributed by atoms with Gasteiger partial charge in [0.15, 0.2) is 17.4 Å². The van der Waals surface area contributed by atoms with Crippen LogP contribution in [0.3, 0.4) is 0 Å². The number of nitrogens with zero attached hydrogens (tertiary/aromatic N) is 2. The number of ketones is 1. The van der Waals surface area contributed by atoms with Crippen LogP contribution in [0.25, 0.3) is 0 Å². The molecule has 0 radical (unpaired) electrons. The molecule has 1 fully saturated rings. The fraction of sp³-hybridized carbons (Fsp3) is 0.400. The van der Waals surface area contributed by atoms with Crippen molar-refractivity contribution in [3.05, 3.63) is 77.9 Å². The fourth-order valence-electron chi connectivity index (χ4n) is 4.19. The highest BCUT2D eigenvalue weighted by molar-refractivity contribution is 5.90. The van der Waals surface area contributed by atoms with Crippen LogP contribution in [0.2, 0.25) is 0 Å². The molecule has 0 bridgehead atoms. The van der Waals surface area contributed by atoms with Gasteiger partial charge in [0.05, 0.1) is 12.4 Å². The van der Waals surface area contributed by atoms with Gasteiger partial charge in [-0.1, -0.05) is 38.1 Å². The molecule has 8 nitrogen and oxygen atoms in total. The number of alkyl carbamates (subject to hydrolysis) is 1. The maximum Gasteiger partial charge on any atom is 0.407 e. The Kier molecular flexibility index (Phi) is 7.71. The van der Waals surface area contributed by atoms with Gasteiger partial charge in [0.2, 0.25) is 0 Å². The van der Waals surface area contributed by atoms with Crippen LogP contribution >= 0.6 is 0 Å².